The second kappa shape index (κ2) is 9.31. The number of aliphatic hydroxyl groups excluding tert-OH is 2. The number of methoxy groups -OCH3 is 1. The monoisotopic (exact) mass is 454 g/mol. The Bertz CT molecular complexity index is 1350. The molecule has 0 atom stereocenters. The summed E-state index contributed by atoms with van der Waals surface area (Å²) in [4.78, 5) is 21.6. The number of aliphatic hydroxyl groups is 2. The van der Waals surface area contributed by atoms with Crippen molar-refractivity contribution in [3.8, 4) is 22.7 Å². The number of hydrogen-bond acceptors (Lipinski definition) is 7. The molecule has 0 aliphatic heterocycles. The maximum Gasteiger partial charge on any atom is 0.256 e. The van der Waals surface area contributed by atoms with Crippen molar-refractivity contribution < 1.29 is 23.7 Å². The van der Waals surface area contributed by atoms with Crippen LogP contribution in [0.2, 0.25) is 0 Å². The van der Waals surface area contributed by atoms with Crippen LogP contribution in [0.4, 0.5) is 14.7 Å². The summed E-state index contributed by atoms with van der Waals surface area (Å²) in [6.07, 6.45) is 0. The highest BCUT2D eigenvalue weighted by atomic mass is 19.1. The van der Waals surface area contributed by atoms with Crippen molar-refractivity contribution in [2.75, 3.05) is 25.6 Å². The molecule has 10 heteroatoms. The van der Waals surface area contributed by atoms with Gasteiger partial charge < -0.3 is 20.3 Å². The number of ether oxygens (including phenoxy) is 1. The predicted molar refractivity (Wildman–Crippen MR) is 119 cm³/mol. The molecule has 170 valence electrons. The Morgan fingerprint density at radius 1 is 1.00 bits per heavy atom. The summed E-state index contributed by atoms with van der Waals surface area (Å²) >= 11 is 0. The van der Waals surface area contributed by atoms with Crippen LogP contribution in [-0.4, -0.2) is 51.1 Å². The van der Waals surface area contributed by atoms with E-state index >= 15 is 0 Å². The van der Waals surface area contributed by atoms with Crippen molar-refractivity contribution in [3.05, 3.63) is 76.6 Å². The van der Waals surface area contributed by atoms with E-state index in [-0.39, 0.29) is 11.6 Å². The molecule has 2 heterocycles. The summed E-state index contributed by atoms with van der Waals surface area (Å²) in [7, 11) is 1.49. The van der Waals surface area contributed by atoms with Gasteiger partial charge in [-0.2, -0.15) is 4.98 Å². The topological polar surface area (TPSA) is 110 Å². The Hall–Kier alpha value is -3.89. The first kappa shape index (κ1) is 22.3. The van der Waals surface area contributed by atoms with Crippen LogP contribution in [0.1, 0.15) is 0 Å². The minimum atomic E-state index is -0.944. The molecule has 0 amide bonds. The third kappa shape index (κ3) is 4.13. The minimum absolute atomic E-state index is 0.0624. The van der Waals surface area contributed by atoms with Gasteiger partial charge in [0.2, 0.25) is 5.95 Å². The van der Waals surface area contributed by atoms with E-state index in [1.165, 1.54) is 25.3 Å². The summed E-state index contributed by atoms with van der Waals surface area (Å²) in [5.74, 6) is -1.48. The number of hydrogen-bond donors (Lipinski definition) is 3. The molecule has 0 bridgehead atoms. The first-order valence-corrected chi connectivity index (χ1v) is 9.98. The van der Waals surface area contributed by atoms with Gasteiger partial charge in [-0.25, -0.2) is 13.8 Å². The third-order valence-corrected chi connectivity index (χ3v) is 5.05. The molecular weight excluding hydrogens is 434 g/mol. The zero-order chi connectivity index (χ0) is 23.5. The fourth-order valence-corrected chi connectivity index (χ4v) is 3.48. The molecule has 0 aliphatic carbocycles. The molecule has 8 nitrogen and oxygen atoms in total. The summed E-state index contributed by atoms with van der Waals surface area (Å²) in [5, 5.41) is 22.0. The van der Waals surface area contributed by atoms with Crippen molar-refractivity contribution in [3.63, 3.8) is 0 Å². The van der Waals surface area contributed by atoms with Gasteiger partial charge in [-0.3, -0.25) is 9.36 Å². The molecule has 0 unspecified atom stereocenters. The second-order valence-electron chi connectivity index (χ2n) is 7.12. The molecule has 0 fully saturated rings. The number of nitrogens with one attached hydrogen (secondary N) is 1. The summed E-state index contributed by atoms with van der Waals surface area (Å²) < 4.78 is 35.6. The SMILES string of the molecule is COc1ccccc1-c1nc(NC(CO)CO)nc2c1ccc(=O)n2-c1c(F)cccc1F. The average molecular weight is 454 g/mol. The fourth-order valence-electron chi connectivity index (χ4n) is 3.48. The Kier molecular flexibility index (Phi) is 6.29. The molecule has 0 saturated heterocycles. The van der Waals surface area contributed by atoms with Crippen molar-refractivity contribution >= 4 is 17.0 Å². The van der Waals surface area contributed by atoms with Crippen molar-refractivity contribution in [1.29, 1.82) is 0 Å². The lowest BCUT2D eigenvalue weighted by atomic mass is 10.1. The normalized spacial score (nSPS) is 11.2. The third-order valence-electron chi connectivity index (χ3n) is 5.05. The molecular formula is C23H20F2N4O4. The van der Waals surface area contributed by atoms with E-state index in [0.29, 0.717) is 22.4 Å². The quantitative estimate of drug-likeness (QED) is 0.394. The van der Waals surface area contributed by atoms with Crippen molar-refractivity contribution in [2.24, 2.45) is 0 Å². The Morgan fingerprint density at radius 3 is 2.36 bits per heavy atom. The maximum absolute atomic E-state index is 14.7. The summed E-state index contributed by atoms with van der Waals surface area (Å²) in [6.45, 7) is -0.850. The molecule has 0 radical (unpaired) electrons. The highest BCUT2D eigenvalue weighted by Crippen LogP contribution is 2.34. The zero-order valence-electron chi connectivity index (χ0n) is 17.5. The number of nitrogens with zero attached hydrogens (tertiary/aromatic N) is 3. The van der Waals surface area contributed by atoms with Crippen LogP contribution < -0.4 is 15.6 Å². The fraction of sp³-hybridized carbons (Fsp3) is 0.174. The predicted octanol–water partition coefficient (Wildman–Crippen LogP) is 2.50. The van der Waals surface area contributed by atoms with E-state index < -0.39 is 42.1 Å². The van der Waals surface area contributed by atoms with E-state index in [1.54, 1.807) is 24.3 Å². The van der Waals surface area contributed by atoms with E-state index in [1.807, 2.05) is 0 Å². The number of rotatable bonds is 7. The molecule has 0 aliphatic rings. The minimum Gasteiger partial charge on any atom is -0.496 e. The number of halogens is 2. The van der Waals surface area contributed by atoms with Crippen LogP contribution in [0.15, 0.2) is 59.4 Å². The molecule has 0 spiro atoms. The van der Waals surface area contributed by atoms with Crippen LogP contribution in [0, 0.1) is 11.6 Å². The van der Waals surface area contributed by atoms with Crippen LogP contribution in [-0.2, 0) is 0 Å². The van der Waals surface area contributed by atoms with Crippen LogP contribution in [0.5, 0.6) is 5.75 Å². The lowest BCUT2D eigenvalue weighted by Gasteiger charge is -2.18. The summed E-state index contributed by atoms with van der Waals surface area (Å²) in [6, 6.07) is 12.1. The van der Waals surface area contributed by atoms with Crippen molar-refractivity contribution in [1.82, 2.24) is 14.5 Å². The lowest BCUT2D eigenvalue weighted by molar-refractivity contribution is 0.203. The molecule has 2 aromatic heterocycles. The average Bonchev–Trinajstić information content (AvgIpc) is 2.83. The van der Waals surface area contributed by atoms with Gasteiger partial charge >= 0.3 is 0 Å². The molecule has 33 heavy (non-hydrogen) atoms. The van der Waals surface area contributed by atoms with Gasteiger partial charge in [0.25, 0.3) is 5.56 Å². The Morgan fingerprint density at radius 2 is 1.70 bits per heavy atom. The number of benzene rings is 2. The van der Waals surface area contributed by atoms with Gasteiger partial charge in [-0.1, -0.05) is 18.2 Å². The highest BCUT2D eigenvalue weighted by Gasteiger charge is 2.21. The van der Waals surface area contributed by atoms with Gasteiger partial charge in [0.05, 0.1) is 32.1 Å². The maximum atomic E-state index is 14.7. The van der Waals surface area contributed by atoms with Gasteiger partial charge in [-0.15, -0.1) is 0 Å². The number of aromatic nitrogens is 3. The van der Waals surface area contributed by atoms with Gasteiger partial charge in [0.1, 0.15) is 23.1 Å². The van der Waals surface area contributed by atoms with Crippen LogP contribution in [0.3, 0.4) is 0 Å². The van der Waals surface area contributed by atoms with E-state index in [4.69, 9.17) is 4.74 Å². The van der Waals surface area contributed by atoms with Crippen LogP contribution >= 0.6 is 0 Å². The molecule has 4 rings (SSSR count). The summed E-state index contributed by atoms with van der Waals surface area (Å²) in [5.41, 5.74) is -0.494. The van der Waals surface area contributed by atoms with Crippen LogP contribution in [0.25, 0.3) is 28.0 Å². The smallest absolute Gasteiger partial charge is 0.256 e. The molecule has 2 aromatic carbocycles. The first-order valence-electron chi connectivity index (χ1n) is 9.98. The molecule has 0 saturated carbocycles. The number of para-hydroxylation sites is 2. The van der Waals surface area contributed by atoms with Crippen molar-refractivity contribution in [2.45, 2.75) is 6.04 Å². The number of anilines is 1. The number of fused-ring (bicyclic) bond motifs is 1. The standard InChI is InChI=1S/C23H20F2N4O4/c1-33-18-8-3-2-5-14(18)20-15-9-10-19(32)29(21-16(24)6-4-7-17(21)25)22(15)28-23(27-20)26-13(11-30)12-31/h2-10,13,30-31H,11-12H2,1H3,(H,26,27,28). The van der Waals surface area contributed by atoms with E-state index in [0.717, 1.165) is 16.7 Å². The van der Waals surface area contributed by atoms with Gasteiger partial charge in [0, 0.05) is 17.0 Å². The number of pyridine rings is 1. The van der Waals surface area contributed by atoms with Gasteiger partial charge in [0.15, 0.2) is 5.65 Å². The Labute approximate surface area is 186 Å². The molecule has 3 N–H and O–H groups in total. The highest BCUT2D eigenvalue weighted by molar-refractivity contribution is 5.93. The van der Waals surface area contributed by atoms with E-state index in [9.17, 15) is 23.8 Å². The first-order chi connectivity index (χ1) is 16.0. The molecule has 4 aromatic rings. The lowest BCUT2D eigenvalue weighted by Crippen LogP contribution is -2.29. The Balaban J connectivity index is 2.11. The van der Waals surface area contributed by atoms with E-state index in [2.05, 4.69) is 15.3 Å². The largest absolute Gasteiger partial charge is 0.496 e. The second-order valence-corrected chi connectivity index (χ2v) is 7.12. The van der Waals surface area contributed by atoms with Gasteiger partial charge in [-0.05, 0) is 30.3 Å². The zero-order valence-corrected chi connectivity index (χ0v) is 17.5.